The Hall–Kier alpha value is -1.24. The van der Waals surface area contributed by atoms with Crippen LogP contribution in [0.2, 0.25) is 5.02 Å². The summed E-state index contributed by atoms with van der Waals surface area (Å²) in [5, 5.41) is 20.7. The minimum Gasteiger partial charge on any atom is -0.495 e. The monoisotopic (exact) mass is 293 g/mol. The Morgan fingerprint density at radius 3 is 2.85 bits per heavy atom. The van der Waals surface area contributed by atoms with Crippen molar-refractivity contribution in [3.05, 3.63) is 28.8 Å². The maximum Gasteiger partial charge on any atom is 0.137 e. The number of methoxy groups -OCH3 is 1. The van der Waals surface area contributed by atoms with Gasteiger partial charge in [-0.25, -0.2) is 0 Å². The van der Waals surface area contributed by atoms with Gasteiger partial charge >= 0.3 is 0 Å². The van der Waals surface area contributed by atoms with E-state index in [9.17, 15) is 10.4 Å². The lowest BCUT2D eigenvalue weighted by molar-refractivity contribution is 0.0219. The molecule has 1 aromatic carbocycles. The van der Waals surface area contributed by atoms with E-state index in [1.807, 2.05) is 0 Å². The number of nitriles is 1. The number of rotatable bonds is 3. The summed E-state index contributed by atoms with van der Waals surface area (Å²) in [5.41, 5.74) is -0.0123. The lowest BCUT2D eigenvalue weighted by Gasteiger charge is -2.38. The Kier molecular flexibility index (Phi) is 4.57. The van der Waals surface area contributed by atoms with Crippen LogP contribution in [0, 0.1) is 22.7 Å². The van der Waals surface area contributed by atoms with Crippen LogP contribution in [0.1, 0.15) is 44.3 Å². The number of benzene rings is 1. The van der Waals surface area contributed by atoms with Gasteiger partial charge in [0.1, 0.15) is 5.75 Å². The molecule has 0 aliphatic heterocycles. The zero-order valence-corrected chi connectivity index (χ0v) is 12.7. The number of aliphatic hydroxyl groups excluding tert-OH is 1. The van der Waals surface area contributed by atoms with Gasteiger partial charge in [-0.1, -0.05) is 37.4 Å². The van der Waals surface area contributed by atoms with Gasteiger partial charge in [0.15, 0.2) is 0 Å². The minimum absolute atomic E-state index is 0.459. The molecular weight excluding hydrogens is 274 g/mol. The van der Waals surface area contributed by atoms with E-state index in [0.717, 1.165) is 25.7 Å². The Morgan fingerprint density at radius 2 is 2.30 bits per heavy atom. The molecule has 0 bridgehead atoms. The Morgan fingerprint density at radius 1 is 1.55 bits per heavy atom. The zero-order valence-electron chi connectivity index (χ0n) is 11.9. The van der Waals surface area contributed by atoms with Crippen LogP contribution in [0.25, 0.3) is 0 Å². The van der Waals surface area contributed by atoms with E-state index in [-0.39, 0.29) is 0 Å². The number of hydrogen-bond donors (Lipinski definition) is 1. The highest BCUT2D eigenvalue weighted by Gasteiger charge is 2.42. The molecule has 1 aromatic rings. The maximum atomic E-state index is 10.7. The third-order valence-electron chi connectivity index (χ3n) is 4.27. The molecule has 1 aliphatic rings. The Labute approximate surface area is 125 Å². The smallest absolute Gasteiger partial charge is 0.137 e. The maximum absolute atomic E-state index is 10.7. The van der Waals surface area contributed by atoms with Crippen LogP contribution in [0.15, 0.2) is 18.2 Å². The van der Waals surface area contributed by atoms with Gasteiger partial charge in [0, 0.05) is 0 Å². The Bertz CT molecular complexity index is 526. The second kappa shape index (κ2) is 6.03. The van der Waals surface area contributed by atoms with E-state index in [2.05, 4.69) is 13.0 Å². The van der Waals surface area contributed by atoms with Crippen LogP contribution in [0.3, 0.4) is 0 Å². The largest absolute Gasteiger partial charge is 0.495 e. The van der Waals surface area contributed by atoms with Crippen LogP contribution in [-0.4, -0.2) is 12.2 Å². The van der Waals surface area contributed by atoms with Crippen LogP contribution >= 0.6 is 11.6 Å². The first-order valence-electron chi connectivity index (χ1n) is 6.95. The van der Waals surface area contributed by atoms with Crippen LogP contribution in [-0.2, 0) is 0 Å². The van der Waals surface area contributed by atoms with Crippen molar-refractivity contribution in [2.45, 2.75) is 38.7 Å². The summed E-state index contributed by atoms with van der Waals surface area (Å²) in [7, 11) is 1.55. The van der Waals surface area contributed by atoms with Gasteiger partial charge in [-0.3, -0.25) is 0 Å². The van der Waals surface area contributed by atoms with Crippen molar-refractivity contribution in [1.29, 1.82) is 5.26 Å². The molecular formula is C16H20ClNO2. The molecule has 3 unspecified atom stereocenters. The van der Waals surface area contributed by atoms with E-state index in [0.29, 0.717) is 22.3 Å². The fraction of sp³-hybridized carbons (Fsp3) is 0.562. The minimum atomic E-state index is -0.807. The quantitative estimate of drug-likeness (QED) is 0.913. The van der Waals surface area contributed by atoms with Gasteiger partial charge in [-0.2, -0.15) is 5.26 Å². The topological polar surface area (TPSA) is 53.2 Å². The summed E-state index contributed by atoms with van der Waals surface area (Å²) in [4.78, 5) is 0. The molecule has 3 atom stereocenters. The first kappa shape index (κ1) is 15.2. The number of aliphatic hydroxyl groups is 1. The number of nitrogens with zero attached hydrogens (tertiary/aromatic N) is 1. The molecule has 4 heteroatoms. The summed E-state index contributed by atoms with van der Waals surface area (Å²) >= 11 is 6.11. The predicted molar refractivity (Wildman–Crippen MR) is 78.6 cm³/mol. The highest BCUT2D eigenvalue weighted by atomic mass is 35.5. The molecule has 2 rings (SSSR count). The van der Waals surface area contributed by atoms with Gasteiger partial charge < -0.3 is 9.84 Å². The summed E-state index contributed by atoms with van der Waals surface area (Å²) in [6, 6.07) is 7.59. The first-order chi connectivity index (χ1) is 9.52. The summed E-state index contributed by atoms with van der Waals surface area (Å²) < 4.78 is 5.12. The normalized spacial score (nSPS) is 27.6. The van der Waals surface area contributed by atoms with Crippen molar-refractivity contribution < 1.29 is 9.84 Å². The molecule has 1 aliphatic carbocycles. The molecule has 0 saturated heterocycles. The van der Waals surface area contributed by atoms with Crippen molar-refractivity contribution in [3.63, 3.8) is 0 Å². The average Bonchev–Trinajstić information content (AvgIpc) is 2.46. The van der Waals surface area contributed by atoms with Gasteiger partial charge in [0.2, 0.25) is 0 Å². The van der Waals surface area contributed by atoms with Crippen molar-refractivity contribution in [1.82, 2.24) is 0 Å². The molecule has 1 N–H and O–H groups in total. The van der Waals surface area contributed by atoms with E-state index in [4.69, 9.17) is 16.3 Å². The second-order valence-electron chi connectivity index (χ2n) is 5.77. The third-order valence-corrected chi connectivity index (χ3v) is 4.57. The molecule has 1 fully saturated rings. The molecule has 108 valence electrons. The van der Waals surface area contributed by atoms with Crippen molar-refractivity contribution in [2.75, 3.05) is 7.11 Å². The van der Waals surface area contributed by atoms with Crippen LogP contribution in [0.5, 0.6) is 5.75 Å². The third kappa shape index (κ3) is 2.77. The summed E-state index contributed by atoms with van der Waals surface area (Å²) in [6.07, 6.45) is 2.76. The zero-order chi connectivity index (χ0) is 14.8. The molecule has 3 nitrogen and oxygen atoms in total. The molecule has 20 heavy (non-hydrogen) atoms. The molecule has 0 radical (unpaired) electrons. The number of hydrogen-bond acceptors (Lipinski definition) is 3. The van der Waals surface area contributed by atoms with Crippen molar-refractivity contribution in [2.24, 2.45) is 11.3 Å². The van der Waals surface area contributed by atoms with Gasteiger partial charge in [-0.15, -0.1) is 0 Å². The standard InChI is InChI=1S/C16H20ClNO2/c1-11-4-3-7-16(9-11,10-18)15(19)12-5-6-14(20-2)13(17)8-12/h5-6,8,11,15,19H,3-4,7,9H2,1-2H3. The fourth-order valence-electron chi connectivity index (χ4n) is 3.17. The molecule has 0 aromatic heterocycles. The Balaban J connectivity index is 2.31. The number of halogens is 1. The van der Waals surface area contributed by atoms with Crippen molar-refractivity contribution in [3.8, 4) is 11.8 Å². The predicted octanol–water partition coefficient (Wildman–Crippen LogP) is 4.10. The second-order valence-corrected chi connectivity index (χ2v) is 6.17. The van der Waals surface area contributed by atoms with Gasteiger partial charge in [0.25, 0.3) is 0 Å². The SMILES string of the molecule is COc1ccc(C(O)C2(C#N)CCCC(C)C2)cc1Cl. The lowest BCUT2D eigenvalue weighted by Crippen LogP contribution is -2.32. The molecule has 0 spiro atoms. The summed E-state index contributed by atoms with van der Waals surface area (Å²) in [5.74, 6) is 1.04. The first-order valence-corrected chi connectivity index (χ1v) is 7.33. The number of ether oxygens (including phenoxy) is 1. The van der Waals surface area contributed by atoms with E-state index in [1.165, 1.54) is 0 Å². The lowest BCUT2D eigenvalue weighted by atomic mass is 9.66. The van der Waals surface area contributed by atoms with Crippen molar-refractivity contribution >= 4 is 11.6 Å². The molecule has 1 saturated carbocycles. The van der Waals surface area contributed by atoms with E-state index >= 15 is 0 Å². The highest BCUT2D eigenvalue weighted by Crippen LogP contribution is 2.48. The summed E-state index contributed by atoms with van der Waals surface area (Å²) in [6.45, 7) is 2.14. The van der Waals surface area contributed by atoms with Gasteiger partial charge in [0.05, 0.1) is 29.7 Å². The molecule has 0 heterocycles. The van der Waals surface area contributed by atoms with Gasteiger partial charge in [-0.05, 0) is 36.5 Å². The molecule has 0 amide bonds. The average molecular weight is 294 g/mol. The van der Waals surface area contributed by atoms with E-state index in [1.54, 1.807) is 25.3 Å². The highest BCUT2D eigenvalue weighted by molar-refractivity contribution is 6.32. The fourth-order valence-corrected chi connectivity index (χ4v) is 3.44. The van der Waals surface area contributed by atoms with Crippen LogP contribution < -0.4 is 4.74 Å². The van der Waals surface area contributed by atoms with E-state index < -0.39 is 11.5 Å². The van der Waals surface area contributed by atoms with Crippen LogP contribution in [0.4, 0.5) is 0 Å².